The van der Waals surface area contributed by atoms with Crippen LogP contribution in [0.25, 0.3) is 0 Å². The van der Waals surface area contributed by atoms with Gasteiger partial charge >= 0.3 is 0 Å². The zero-order valence-corrected chi connectivity index (χ0v) is 9.26. The van der Waals surface area contributed by atoms with Crippen molar-refractivity contribution in [3.05, 3.63) is 11.1 Å². The van der Waals surface area contributed by atoms with Crippen LogP contribution in [0.5, 0.6) is 0 Å². The van der Waals surface area contributed by atoms with E-state index in [9.17, 15) is 0 Å². The largest absolute Gasteiger partial charge is 0.306 e. The number of hydrogen-bond donors (Lipinski definition) is 1. The first-order chi connectivity index (χ1) is 6.75. The van der Waals surface area contributed by atoms with E-state index < -0.39 is 0 Å². The van der Waals surface area contributed by atoms with E-state index in [1.807, 2.05) is 4.57 Å². The van der Waals surface area contributed by atoms with E-state index in [0.29, 0.717) is 0 Å². The summed E-state index contributed by atoms with van der Waals surface area (Å²) < 4.78 is 2.77. The minimum Gasteiger partial charge on any atom is -0.306 e. The standard InChI is InChI=1S/C9H16N4S/c1-12-4-2-8(3-5-12)6-13-7-10-11-9(13)14/h7-8H,2-6H2,1H3,(H,11,14). The van der Waals surface area contributed by atoms with Crippen molar-refractivity contribution in [2.45, 2.75) is 19.4 Å². The van der Waals surface area contributed by atoms with Crippen molar-refractivity contribution in [3.63, 3.8) is 0 Å². The van der Waals surface area contributed by atoms with Gasteiger partial charge in [0.2, 0.25) is 0 Å². The zero-order valence-electron chi connectivity index (χ0n) is 8.44. The lowest BCUT2D eigenvalue weighted by Crippen LogP contribution is -2.31. The topological polar surface area (TPSA) is 36.9 Å². The maximum atomic E-state index is 5.11. The fourth-order valence-electron chi connectivity index (χ4n) is 1.92. The van der Waals surface area contributed by atoms with Gasteiger partial charge in [-0.2, -0.15) is 5.10 Å². The quantitative estimate of drug-likeness (QED) is 0.750. The second-order valence-electron chi connectivity index (χ2n) is 4.06. The minimum atomic E-state index is 0.740. The van der Waals surface area contributed by atoms with Crippen LogP contribution in [-0.4, -0.2) is 39.8 Å². The number of nitrogens with one attached hydrogen (secondary N) is 1. The molecule has 1 aromatic heterocycles. The average Bonchev–Trinajstić information content (AvgIpc) is 2.56. The molecule has 1 N–H and O–H groups in total. The Bertz CT molecular complexity index is 335. The summed E-state index contributed by atoms with van der Waals surface area (Å²) in [7, 11) is 2.18. The maximum absolute atomic E-state index is 5.11. The van der Waals surface area contributed by atoms with E-state index in [4.69, 9.17) is 12.2 Å². The SMILES string of the molecule is CN1CCC(Cn2cn[nH]c2=S)CC1. The van der Waals surface area contributed by atoms with Crippen molar-refractivity contribution in [2.24, 2.45) is 5.92 Å². The lowest BCUT2D eigenvalue weighted by atomic mass is 9.97. The first-order valence-corrected chi connectivity index (χ1v) is 5.45. The van der Waals surface area contributed by atoms with Gasteiger partial charge in [-0.3, -0.25) is 5.10 Å². The van der Waals surface area contributed by atoms with Crippen molar-refractivity contribution < 1.29 is 0 Å². The number of aromatic amines is 1. The molecule has 0 aliphatic carbocycles. The highest BCUT2D eigenvalue weighted by atomic mass is 32.1. The second-order valence-corrected chi connectivity index (χ2v) is 4.45. The van der Waals surface area contributed by atoms with Gasteiger partial charge in [0.1, 0.15) is 6.33 Å². The van der Waals surface area contributed by atoms with Crippen molar-refractivity contribution in [3.8, 4) is 0 Å². The monoisotopic (exact) mass is 212 g/mol. The number of nitrogens with zero attached hydrogens (tertiary/aromatic N) is 3. The molecule has 14 heavy (non-hydrogen) atoms. The molecule has 2 heterocycles. The molecule has 0 radical (unpaired) electrons. The number of H-pyrrole nitrogens is 1. The van der Waals surface area contributed by atoms with Crippen LogP contribution < -0.4 is 0 Å². The van der Waals surface area contributed by atoms with Crippen LogP contribution in [0.3, 0.4) is 0 Å². The van der Waals surface area contributed by atoms with Crippen molar-refractivity contribution >= 4 is 12.2 Å². The summed E-state index contributed by atoms with van der Waals surface area (Å²) in [5.74, 6) is 0.760. The molecule has 78 valence electrons. The Hall–Kier alpha value is -0.680. The number of rotatable bonds is 2. The van der Waals surface area contributed by atoms with E-state index in [1.165, 1.54) is 25.9 Å². The summed E-state index contributed by atoms with van der Waals surface area (Å²) in [6, 6.07) is 0. The summed E-state index contributed by atoms with van der Waals surface area (Å²) in [5, 5.41) is 6.71. The summed E-state index contributed by atoms with van der Waals surface area (Å²) in [6.07, 6.45) is 4.33. The molecule has 1 fully saturated rings. The Morgan fingerprint density at radius 1 is 1.57 bits per heavy atom. The molecule has 1 aliphatic rings. The van der Waals surface area contributed by atoms with Gasteiger partial charge in [0.05, 0.1) is 0 Å². The summed E-state index contributed by atoms with van der Waals surface area (Å²) in [5.41, 5.74) is 0. The first kappa shape index (κ1) is 9.86. The molecule has 1 aliphatic heterocycles. The fourth-order valence-corrected chi connectivity index (χ4v) is 2.10. The number of hydrogen-bond acceptors (Lipinski definition) is 3. The van der Waals surface area contributed by atoms with Gasteiger partial charge in [0.25, 0.3) is 0 Å². The molecule has 0 bridgehead atoms. The predicted octanol–water partition coefficient (Wildman–Crippen LogP) is 1.28. The Labute approximate surface area is 88.9 Å². The number of piperidine rings is 1. The third-order valence-electron chi connectivity index (χ3n) is 2.91. The number of likely N-dealkylation sites (tertiary alicyclic amines) is 1. The highest BCUT2D eigenvalue weighted by molar-refractivity contribution is 7.71. The Kier molecular flexibility index (Phi) is 2.98. The lowest BCUT2D eigenvalue weighted by molar-refractivity contribution is 0.204. The average molecular weight is 212 g/mol. The predicted molar refractivity (Wildman–Crippen MR) is 57.6 cm³/mol. The highest BCUT2D eigenvalue weighted by Gasteiger charge is 2.16. The highest BCUT2D eigenvalue weighted by Crippen LogP contribution is 2.17. The fraction of sp³-hybridized carbons (Fsp3) is 0.778. The van der Waals surface area contributed by atoms with Crippen LogP contribution in [0.2, 0.25) is 0 Å². The molecule has 0 unspecified atom stereocenters. The van der Waals surface area contributed by atoms with E-state index in [2.05, 4.69) is 22.1 Å². The van der Waals surface area contributed by atoms with E-state index in [1.54, 1.807) is 6.33 Å². The number of aromatic nitrogens is 3. The molecule has 1 saturated heterocycles. The Balaban J connectivity index is 1.93. The lowest BCUT2D eigenvalue weighted by Gasteiger charge is -2.28. The normalized spacial score (nSPS) is 20.1. The van der Waals surface area contributed by atoms with Crippen LogP contribution in [0.4, 0.5) is 0 Å². The van der Waals surface area contributed by atoms with Gasteiger partial charge < -0.3 is 9.47 Å². The van der Waals surface area contributed by atoms with Crippen LogP contribution in [0.1, 0.15) is 12.8 Å². The molecular weight excluding hydrogens is 196 g/mol. The Morgan fingerprint density at radius 2 is 2.29 bits per heavy atom. The van der Waals surface area contributed by atoms with Crippen LogP contribution in [0.15, 0.2) is 6.33 Å². The van der Waals surface area contributed by atoms with Gasteiger partial charge in [0, 0.05) is 6.54 Å². The molecule has 0 saturated carbocycles. The summed E-state index contributed by atoms with van der Waals surface area (Å²) >= 11 is 5.11. The first-order valence-electron chi connectivity index (χ1n) is 5.04. The van der Waals surface area contributed by atoms with E-state index in [-0.39, 0.29) is 0 Å². The molecular formula is C9H16N4S. The van der Waals surface area contributed by atoms with Gasteiger partial charge in [0.15, 0.2) is 4.77 Å². The molecule has 0 spiro atoms. The molecule has 0 aromatic carbocycles. The molecule has 5 heteroatoms. The van der Waals surface area contributed by atoms with Gasteiger partial charge in [-0.25, -0.2) is 0 Å². The molecule has 2 rings (SSSR count). The smallest absolute Gasteiger partial charge is 0.194 e. The second kappa shape index (κ2) is 4.23. The van der Waals surface area contributed by atoms with Crippen LogP contribution in [-0.2, 0) is 6.54 Å². The third-order valence-corrected chi connectivity index (χ3v) is 3.24. The molecule has 1 aromatic rings. The molecule has 0 amide bonds. The third kappa shape index (κ3) is 2.22. The van der Waals surface area contributed by atoms with Crippen molar-refractivity contribution in [1.29, 1.82) is 0 Å². The Morgan fingerprint density at radius 3 is 2.86 bits per heavy atom. The van der Waals surface area contributed by atoms with Crippen LogP contribution in [0, 0.1) is 10.7 Å². The van der Waals surface area contributed by atoms with Crippen LogP contribution >= 0.6 is 12.2 Å². The van der Waals surface area contributed by atoms with Gasteiger partial charge in [-0.15, -0.1) is 0 Å². The van der Waals surface area contributed by atoms with Crippen molar-refractivity contribution in [2.75, 3.05) is 20.1 Å². The van der Waals surface area contributed by atoms with Crippen molar-refractivity contribution in [1.82, 2.24) is 19.7 Å². The van der Waals surface area contributed by atoms with E-state index >= 15 is 0 Å². The van der Waals surface area contributed by atoms with Gasteiger partial charge in [-0.1, -0.05) is 0 Å². The summed E-state index contributed by atoms with van der Waals surface area (Å²) in [6.45, 7) is 3.43. The minimum absolute atomic E-state index is 0.740. The molecule has 0 atom stereocenters. The van der Waals surface area contributed by atoms with E-state index in [0.717, 1.165) is 17.2 Å². The zero-order chi connectivity index (χ0) is 9.97. The maximum Gasteiger partial charge on any atom is 0.194 e. The summed E-state index contributed by atoms with van der Waals surface area (Å²) in [4.78, 5) is 2.38. The molecule has 4 nitrogen and oxygen atoms in total. The van der Waals surface area contributed by atoms with Gasteiger partial charge in [-0.05, 0) is 51.1 Å².